The summed E-state index contributed by atoms with van der Waals surface area (Å²) in [6, 6.07) is 4.96. The highest BCUT2D eigenvalue weighted by molar-refractivity contribution is 7.09. The molecular formula is C18H25NO2S. The molecule has 0 aromatic carbocycles. The van der Waals surface area contributed by atoms with E-state index >= 15 is 0 Å². The van der Waals surface area contributed by atoms with Crippen LogP contribution in [0.25, 0.3) is 0 Å². The van der Waals surface area contributed by atoms with Gasteiger partial charge in [0.25, 0.3) is 0 Å². The van der Waals surface area contributed by atoms with Crippen molar-refractivity contribution in [3.8, 4) is 0 Å². The second-order valence-corrected chi connectivity index (χ2v) is 7.82. The number of rotatable bonds is 4. The second kappa shape index (κ2) is 5.82. The molecule has 1 aromatic rings. The number of nitrogens with zero attached hydrogens (tertiary/aromatic N) is 1. The maximum Gasteiger partial charge on any atom is 0.310 e. The Morgan fingerprint density at radius 2 is 2.32 bits per heavy atom. The first-order valence-electron chi connectivity index (χ1n) is 8.07. The van der Waals surface area contributed by atoms with Gasteiger partial charge in [0.1, 0.15) is 0 Å². The van der Waals surface area contributed by atoms with Crippen LogP contribution in [0.15, 0.2) is 29.2 Å². The standard InChI is InChI=1S/C18H25NO2S/c1-5-21-17(20)14-11-18(3)12(2)9-15(14)19(4)16(18)10-13-7-6-8-22-13/h6-9,14-16H,5,10-11H2,1-4H3/t14?,15-,16+,18-/m0/s1. The highest BCUT2D eigenvalue weighted by atomic mass is 32.1. The molecule has 1 aliphatic carbocycles. The van der Waals surface area contributed by atoms with Gasteiger partial charge in [0.15, 0.2) is 0 Å². The first-order chi connectivity index (χ1) is 10.5. The largest absolute Gasteiger partial charge is 0.466 e. The Bertz CT molecular complexity index is 580. The normalized spacial score (nSPS) is 34.5. The number of ether oxygens (including phenoxy) is 1. The molecule has 2 aliphatic heterocycles. The summed E-state index contributed by atoms with van der Waals surface area (Å²) in [7, 11) is 2.16. The molecule has 1 saturated heterocycles. The van der Waals surface area contributed by atoms with Gasteiger partial charge in [0.05, 0.1) is 12.5 Å². The van der Waals surface area contributed by atoms with Gasteiger partial charge in [-0.2, -0.15) is 0 Å². The molecule has 4 atom stereocenters. The predicted octanol–water partition coefficient (Wildman–Crippen LogP) is 3.51. The zero-order valence-corrected chi connectivity index (χ0v) is 14.7. The number of fused-ring (bicyclic) bond motifs is 2. The zero-order valence-electron chi connectivity index (χ0n) is 13.8. The molecule has 1 fully saturated rings. The number of piperidine rings is 1. The third kappa shape index (κ3) is 2.42. The first-order valence-corrected chi connectivity index (χ1v) is 8.95. The fourth-order valence-electron chi connectivity index (χ4n) is 4.22. The van der Waals surface area contributed by atoms with Gasteiger partial charge in [-0.25, -0.2) is 0 Å². The van der Waals surface area contributed by atoms with Crippen LogP contribution >= 0.6 is 11.3 Å². The summed E-state index contributed by atoms with van der Waals surface area (Å²) in [5, 5.41) is 2.14. The van der Waals surface area contributed by atoms with Crippen molar-refractivity contribution in [2.75, 3.05) is 13.7 Å². The van der Waals surface area contributed by atoms with Crippen LogP contribution in [0, 0.1) is 11.3 Å². The molecule has 22 heavy (non-hydrogen) atoms. The minimum atomic E-state index is -0.0381. The molecule has 3 heterocycles. The van der Waals surface area contributed by atoms with E-state index < -0.39 is 0 Å². The monoisotopic (exact) mass is 319 g/mol. The van der Waals surface area contributed by atoms with Crippen LogP contribution in [0.2, 0.25) is 0 Å². The maximum absolute atomic E-state index is 12.3. The van der Waals surface area contributed by atoms with Crippen LogP contribution in [0.1, 0.15) is 32.1 Å². The highest BCUT2D eigenvalue weighted by Crippen LogP contribution is 2.52. The summed E-state index contributed by atoms with van der Waals surface area (Å²) >= 11 is 1.82. The third-order valence-electron chi connectivity index (χ3n) is 5.64. The molecule has 0 spiro atoms. The number of thiophene rings is 1. The zero-order chi connectivity index (χ0) is 15.9. The van der Waals surface area contributed by atoms with E-state index in [0.29, 0.717) is 12.6 Å². The Hall–Kier alpha value is -1.13. The Kier molecular flexibility index (Phi) is 4.17. The molecule has 120 valence electrons. The number of esters is 1. The lowest BCUT2D eigenvalue weighted by atomic mass is 9.59. The van der Waals surface area contributed by atoms with Crippen molar-refractivity contribution in [2.24, 2.45) is 11.3 Å². The minimum Gasteiger partial charge on any atom is -0.466 e. The average molecular weight is 319 g/mol. The third-order valence-corrected chi connectivity index (χ3v) is 6.54. The van der Waals surface area contributed by atoms with Crippen LogP contribution in [-0.4, -0.2) is 36.6 Å². The molecule has 4 rings (SSSR count). The van der Waals surface area contributed by atoms with E-state index in [1.54, 1.807) is 0 Å². The summed E-state index contributed by atoms with van der Waals surface area (Å²) in [6.45, 7) is 6.88. The molecule has 3 aliphatic rings. The van der Waals surface area contributed by atoms with Gasteiger partial charge in [-0.15, -0.1) is 11.3 Å². The molecule has 0 N–H and O–H groups in total. The van der Waals surface area contributed by atoms with E-state index in [4.69, 9.17) is 4.74 Å². The van der Waals surface area contributed by atoms with E-state index in [2.05, 4.69) is 49.4 Å². The van der Waals surface area contributed by atoms with Gasteiger partial charge in [-0.1, -0.05) is 24.6 Å². The van der Waals surface area contributed by atoms with Gasteiger partial charge >= 0.3 is 5.97 Å². The van der Waals surface area contributed by atoms with Gasteiger partial charge in [0, 0.05) is 22.4 Å². The van der Waals surface area contributed by atoms with Gasteiger partial charge in [-0.3, -0.25) is 9.69 Å². The van der Waals surface area contributed by atoms with E-state index in [1.165, 1.54) is 10.5 Å². The van der Waals surface area contributed by atoms with Crippen molar-refractivity contribution < 1.29 is 9.53 Å². The van der Waals surface area contributed by atoms with Crippen LogP contribution in [0.4, 0.5) is 0 Å². The number of carbonyl (C=O) groups excluding carboxylic acids is 1. The molecular weight excluding hydrogens is 294 g/mol. The molecule has 0 radical (unpaired) electrons. The van der Waals surface area contributed by atoms with E-state index in [-0.39, 0.29) is 23.3 Å². The molecule has 2 bridgehead atoms. The van der Waals surface area contributed by atoms with Gasteiger partial charge in [0.2, 0.25) is 0 Å². The van der Waals surface area contributed by atoms with Crippen molar-refractivity contribution in [1.82, 2.24) is 4.90 Å². The summed E-state index contributed by atoms with van der Waals surface area (Å²) in [5.41, 5.74) is 1.47. The van der Waals surface area contributed by atoms with Crippen molar-refractivity contribution in [3.05, 3.63) is 34.0 Å². The average Bonchev–Trinajstić information content (AvgIpc) is 2.98. The number of carbonyl (C=O) groups is 1. The Morgan fingerprint density at radius 1 is 1.55 bits per heavy atom. The lowest BCUT2D eigenvalue weighted by Crippen LogP contribution is -2.63. The van der Waals surface area contributed by atoms with Crippen LogP contribution < -0.4 is 0 Å². The second-order valence-electron chi connectivity index (χ2n) is 6.79. The van der Waals surface area contributed by atoms with Crippen molar-refractivity contribution in [1.29, 1.82) is 0 Å². The van der Waals surface area contributed by atoms with Crippen LogP contribution in [-0.2, 0) is 16.0 Å². The molecule has 4 heteroatoms. The molecule has 0 saturated carbocycles. The number of hydrogen-bond acceptors (Lipinski definition) is 4. The van der Waals surface area contributed by atoms with Gasteiger partial charge in [-0.05, 0) is 45.2 Å². The Labute approximate surface area is 137 Å². The molecule has 0 amide bonds. The first kappa shape index (κ1) is 15.8. The number of likely N-dealkylation sites (N-methyl/N-ethyl adjacent to an activating group) is 1. The maximum atomic E-state index is 12.3. The lowest BCUT2D eigenvalue weighted by Gasteiger charge is -2.57. The number of hydrogen-bond donors (Lipinski definition) is 0. The van der Waals surface area contributed by atoms with Crippen molar-refractivity contribution >= 4 is 17.3 Å². The van der Waals surface area contributed by atoms with Crippen molar-refractivity contribution in [2.45, 2.75) is 45.7 Å². The molecule has 3 nitrogen and oxygen atoms in total. The fourth-order valence-corrected chi connectivity index (χ4v) is 4.96. The topological polar surface area (TPSA) is 29.5 Å². The fraction of sp³-hybridized carbons (Fsp3) is 0.611. The van der Waals surface area contributed by atoms with Crippen molar-refractivity contribution in [3.63, 3.8) is 0 Å². The summed E-state index contributed by atoms with van der Waals surface area (Å²) in [4.78, 5) is 16.2. The summed E-state index contributed by atoms with van der Waals surface area (Å²) < 4.78 is 5.31. The Morgan fingerprint density at radius 3 is 2.95 bits per heavy atom. The summed E-state index contributed by atoms with van der Waals surface area (Å²) in [5.74, 6) is -0.0675. The van der Waals surface area contributed by atoms with Gasteiger partial charge < -0.3 is 4.74 Å². The predicted molar refractivity (Wildman–Crippen MR) is 90.0 cm³/mol. The minimum absolute atomic E-state index is 0.0294. The SMILES string of the molecule is CCOC(=O)C1C[C@@]2(C)C(C)=C[C@@H]1N(C)[C@@H]2Cc1cccs1. The van der Waals surface area contributed by atoms with Crippen LogP contribution in [0.3, 0.4) is 0 Å². The Balaban J connectivity index is 1.89. The van der Waals surface area contributed by atoms with Crippen LogP contribution in [0.5, 0.6) is 0 Å². The van der Waals surface area contributed by atoms with E-state index in [9.17, 15) is 4.79 Å². The lowest BCUT2D eigenvalue weighted by molar-refractivity contribution is -0.156. The summed E-state index contributed by atoms with van der Waals surface area (Å²) in [6.07, 6.45) is 4.25. The highest BCUT2D eigenvalue weighted by Gasteiger charge is 2.54. The molecule has 1 aromatic heterocycles. The molecule has 1 unspecified atom stereocenters. The van der Waals surface area contributed by atoms with E-state index in [1.807, 2.05) is 18.3 Å². The smallest absolute Gasteiger partial charge is 0.310 e. The van der Waals surface area contributed by atoms with E-state index in [0.717, 1.165) is 12.8 Å². The quantitative estimate of drug-likeness (QED) is 0.628.